The Bertz CT molecular complexity index is 1550. The molecule has 0 atom stereocenters. The molecule has 0 radical (unpaired) electrons. The number of rotatable bonds is 7. The number of esters is 1. The molecule has 38 heavy (non-hydrogen) atoms. The van der Waals surface area contributed by atoms with Gasteiger partial charge in [0.2, 0.25) is 0 Å². The third kappa shape index (κ3) is 5.05. The first kappa shape index (κ1) is 25.3. The fourth-order valence-corrected chi connectivity index (χ4v) is 4.97. The van der Waals surface area contributed by atoms with Gasteiger partial charge in [0.1, 0.15) is 19.0 Å². The summed E-state index contributed by atoms with van der Waals surface area (Å²) in [5.41, 5.74) is 6.24. The van der Waals surface area contributed by atoms with Crippen molar-refractivity contribution in [3.63, 3.8) is 0 Å². The van der Waals surface area contributed by atoms with Crippen LogP contribution in [0, 0.1) is 0 Å². The quantitative estimate of drug-likeness (QED) is 0.0970. The number of hydrogen-bond acceptors (Lipinski definition) is 3. The van der Waals surface area contributed by atoms with Crippen LogP contribution in [0.15, 0.2) is 110 Å². The summed E-state index contributed by atoms with van der Waals surface area (Å²) in [6.45, 7) is 10.6. The van der Waals surface area contributed by atoms with Gasteiger partial charge in [0.25, 0.3) is 0 Å². The summed E-state index contributed by atoms with van der Waals surface area (Å²) in [5.74, 6) is 0.281. The lowest BCUT2D eigenvalue weighted by atomic mass is 9.83. The lowest BCUT2D eigenvalue weighted by molar-refractivity contribution is -0.138. The van der Waals surface area contributed by atoms with Crippen molar-refractivity contribution in [2.24, 2.45) is 0 Å². The highest BCUT2D eigenvalue weighted by Crippen LogP contribution is 2.44. The molecule has 0 unspecified atom stereocenters. The molecule has 0 bridgehead atoms. The summed E-state index contributed by atoms with van der Waals surface area (Å²) in [7, 11) is 0. The van der Waals surface area contributed by atoms with Crippen molar-refractivity contribution in [2.75, 3.05) is 13.2 Å². The minimum absolute atomic E-state index is 0.110. The number of fused-ring (bicyclic) bond motifs is 2. The van der Waals surface area contributed by atoms with Crippen molar-refractivity contribution in [1.82, 2.24) is 0 Å². The molecular weight excluding hydrogens is 468 g/mol. The molecule has 5 rings (SSSR count). The predicted molar refractivity (Wildman–Crippen MR) is 158 cm³/mol. The topological polar surface area (TPSA) is 35.5 Å². The summed E-state index contributed by atoms with van der Waals surface area (Å²) in [6, 6.07) is 34.5. The molecule has 0 aliphatic carbocycles. The van der Waals surface area contributed by atoms with Crippen molar-refractivity contribution in [1.29, 1.82) is 0 Å². The van der Waals surface area contributed by atoms with E-state index >= 15 is 0 Å². The van der Waals surface area contributed by atoms with E-state index in [1.165, 1.54) is 43.8 Å². The Morgan fingerprint density at radius 2 is 1.13 bits per heavy atom. The van der Waals surface area contributed by atoms with Gasteiger partial charge in [-0.15, -0.1) is 0 Å². The first-order valence-corrected chi connectivity index (χ1v) is 12.9. The van der Waals surface area contributed by atoms with Crippen molar-refractivity contribution >= 4 is 27.5 Å². The van der Waals surface area contributed by atoms with E-state index in [0.717, 1.165) is 17.4 Å². The molecule has 0 spiro atoms. The molecule has 0 amide bonds. The summed E-state index contributed by atoms with van der Waals surface area (Å²) in [6.07, 6.45) is 1.15. The van der Waals surface area contributed by atoms with Crippen molar-refractivity contribution in [3.8, 4) is 28.0 Å². The van der Waals surface area contributed by atoms with E-state index in [9.17, 15) is 4.79 Å². The Hall–Kier alpha value is -4.37. The van der Waals surface area contributed by atoms with Gasteiger partial charge in [-0.05, 0) is 66.9 Å². The molecule has 3 heteroatoms. The third-order valence-electron chi connectivity index (χ3n) is 6.88. The van der Waals surface area contributed by atoms with Crippen LogP contribution in [0.4, 0.5) is 0 Å². The van der Waals surface area contributed by atoms with E-state index in [1.54, 1.807) is 0 Å². The first-order chi connectivity index (χ1) is 18.4. The Labute approximate surface area is 224 Å². The van der Waals surface area contributed by atoms with Crippen LogP contribution in [-0.2, 0) is 14.9 Å². The lowest BCUT2D eigenvalue weighted by Crippen LogP contribution is -2.10. The molecule has 0 fully saturated rings. The number of benzene rings is 5. The second-order valence-corrected chi connectivity index (χ2v) is 10.4. The summed E-state index contributed by atoms with van der Waals surface area (Å²) in [4.78, 5) is 11.2. The van der Waals surface area contributed by atoms with Crippen LogP contribution >= 0.6 is 0 Å². The predicted octanol–water partition coefficient (Wildman–Crippen LogP) is 8.73. The third-order valence-corrected chi connectivity index (χ3v) is 6.88. The zero-order valence-electron chi connectivity index (χ0n) is 22.2. The fourth-order valence-electron chi connectivity index (χ4n) is 4.97. The van der Waals surface area contributed by atoms with Crippen LogP contribution < -0.4 is 4.74 Å². The average Bonchev–Trinajstić information content (AvgIpc) is 2.94. The summed E-state index contributed by atoms with van der Waals surface area (Å²) in [5, 5.41) is 4.89. The normalized spacial score (nSPS) is 11.4. The van der Waals surface area contributed by atoms with E-state index in [2.05, 4.69) is 112 Å². The molecule has 190 valence electrons. The van der Waals surface area contributed by atoms with Gasteiger partial charge in [0.15, 0.2) is 0 Å². The van der Waals surface area contributed by atoms with Gasteiger partial charge in [-0.2, -0.15) is 0 Å². The second-order valence-electron chi connectivity index (χ2n) is 10.4. The van der Waals surface area contributed by atoms with Gasteiger partial charge in [-0.1, -0.05) is 112 Å². The largest absolute Gasteiger partial charge is 0.490 e. The lowest BCUT2D eigenvalue weighted by Gasteiger charge is -2.21. The van der Waals surface area contributed by atoms with Gasteiger partial charge < -0.3 is 9.47 Å². The van der Waals surface area contributed by atoms with E-state index in [4.69, 9.17) is 9.47 Å². The standard InChI is InChI=1S/C35H32O3/c1-5-32(36)38-23-22-37-27-20-16-25(17-21-27)34-30-12-8-6-10-28(30)33(29-11-7-9-13-31(29)34)24-14-18-26(19-15-24)35(2,3)4/h5-21H,1,22-23H2,2-4H3. The summed E-state index contributed by atoms with van der Waals surface area (Å²) >= 11 is 0. The first-order valence-electron chi connectivity index (χ1n) is 12.9. The highest BCUT2D eigenvalue weighted by atomic mass is 16.6. The maximum Gasteiger partial charge on any atom is 0.330 e. The Balaban J connectivity index is 1.58. The number of ether oxygens (including phenoxy) is 2. The van der Waals surface area contributed by atoms with Gasteiger partial charge in [0, 0.05) is 6.08 Å². The average molecular weight is 501 g/mol. The minimum atomic E-state index is -0.448. The summed E-state index contributed by atoms with van der Waals surface area (Å²) < 4.78 is 10.8. The molecule has 0 aliphatic heterocycles. The fraction of sp³-hybridized carbons (Fsp3) is 0.171. The molecule has 0 saturated heterocycles. The monoisotopic (exact) mass is 500 g/mol. The maximum absolute atomic E-state index is 11.2. The molecule has 0 saturated carbocycles. The van der Waals surface area contributed by atoms with Gasteiger partial charge >= 0.3 is 5.97 Å². The van der Waals surface area contributed by atoms with Crippen LogP contribution in [0.25, 0.3) is 43.8 Å². The second kappa shape index (κ2) is 10.5. The van der Waals surface area contributed by atoms with Crippen LogP contribution in [0.1, 0.15) is 26.3 Å². The molecule has 3 nitrogen and oxygen atoms in total. The zero-order valence-corrected chi connectivity index (χ0v) is 22.2. The van der Waals surface area contributed by atoms with E-state index in [0.29, 0.717) is 0 Å². The van der Waals surface area contributed by atoms with Crippen LogP contribution in [0.2, 0.25) is 0 Å². The molecule has 0 N–H and O–H groups in total. The van der Waals surface area contributed by atoms with Crippen LogP contribution in [0.5, 0.6) is 5.75 Å². The molecule has 0 heterocycles. The molecule has 5 aromatic rings. The zero-order chi connectivity index (χ0) is 26.7. The van der Waals surface area contributed by atoms with E-state index < -0.39 is 5.97 Å². The van der Waals surface area contributed by atoms with Crippen LogP contribution in [-0.4, -0.2) is 19.2 Å². The van der Waals surface area contributed by atoms with E-state index in [1.807, 2.05) is 12.1 Å². The number of carbonyl (C=O) groups is 1. The van der Waals surface area contributed by atoms with Crippen molar-refractivity contribution in [2.45, 2.75) is 26.2 Å². The molecule has 5 aromatic carbocycles. The minimum Gasteiger partial charge on any atom is -0.490 e. The van der Waals surface area contributed by atoms with Crippen molar-refractivity contribution < 1.29 is 14.3 Å². The number of carbonyl (C=O) groups excluding carboxylic acids is 1. The van der Waals surface area contributed by atoms with Crippen LogP contribution in [0.3, 0.4) is 0 Å². The molecular formula is C35H32O3. The molecule has 0 aliphatic rings. The van der Waals surface area contributed by atoms with Crippen molar-refractivity contribution in [3.05, 3.63) is 115 Å². The maximum atomic E-state index is 11.2. The van der Waals surface area contributed by atoms with Gasteiger partial charge in [-0.25, -0.2) is 4.79 Å². The highest BCUT2D eigenvalue weighted by Gasteiger charge is 2.18. The number of hydrogen-bond donors (Lipinski definition) is 0. The Morgan fingerprint density at radius 3 is 1.55 bits per heavy atom. The Kier molecular flexibility index (Phi) is 7.02. The smallest absolute Gasteiger partial charge is 0.330 e. The van der Waals surface area contributed by atoms with E-state index in [-0.39, 0.29) is 18.6 Å². The van der Waals surface area contributed by atoms with Gasteiger partial charge in [-0.3, -0.25) is 0 Å². The highest BCUT2D eigenvalue weighted by molar-refractivity contribution is 6.21. The Morgan fingerprint density at radius 1 is 0.684 bits per heavy atom. The SMILES string of the molecule is C=CC(=O)OCCOc1ccc(-c2c3ccccc3c(-c3ccc(C(C)(C)C)cc3)c3ccccc23)cc1. The molecule has 0 aromatic heterocycles. The van der Waals surface area contributed by atoms with Gasteiger partial charge in [0.05, 0.1) is 0 Å².